The summed E-state index contributed by atoms with van der Waals surface area (Å²) in [6.07, 6.45) is 0.677. The minimum Gasteiger partial charge on any atom is -0.486 e. The van der Waals surface area contributed by atoms with Crippen LogP contribution >= 0.6 is 11.6 Å². The molecule has 3 rings (SSSR count). The zero-order valence-electron chi connectivity index (χ0n) is 15.5. The van der Waals surface area contributed by atoms with Gasteiger partial charge in [-0.25, -0.2) is 8.42 Å². The maximum atomic E-state index is 12.6. The highest BCUT2D eigenvalue weighted by Crippen LogP contribution is 2.30. The van der Waals surface area contributed by atoms with Gasteiger partial charge in [-0.3, -0.25) is 9.10 Å². The van der Waals surface area contributed by atoms with Crippen molar-refractivity contribution in [1.29, 1.82) is 0 Å². The Morgan fingerprint density at radius 1 is 1.25 bits per heavy atom. The Morgan fingerprint density at radius 3 is 2.64 bits per heavy atom. The van der Waals surface area contributed by atoms with Crippen molar-refractivity contribution in [3.8, 4) is 11.5 Å². The van der Waals surface area contributed by atoms with Crippen LogP contribution in [0.3, 0.4) is 0 Å². The molecular weight excluding hydrogens is 404 g/mol. The summed E-state index contributed by atoms with van der Waals surface area (Å²) in [4.78, 5) is 12.6. The van der Waals surface area contributed by atoms with Gasteiger partial charge in [-0.1, -0.05) is 29.8 Å². The molecule has 0 aliphatic carbocycles. The summed E-state index contributed by atoms with van der Waals surface area (Å²) in [6, 6.07) is 12.7. The molecule has 0 radical (unpaired) electrons. The second-order valence-corrected chi connectivity index (χ2v) is 8.75. The van der Waals surface area contributed by atoms with E-state index in [4.69, 9.17) is 21.1 Å². The molecule has 1 aliphatic heterocycles. The lowest BCUT2D eigenvalue weighted by atomic mass is 10.2. The van der Waals surface area contributed by atoms with Gasteiger partial charge in [0.1, 0.15) is 18.8 Å². The Morgan fingerprint density at radius 2 is 1.96 bits per heavy atom. The predicted octanol–water partition coefficient (Wildman–Crippen LogP) is 2.45. The third-order valence-electron chi connectivity index (χ3n) is 4.22. The number of sulfonamides is 1. The third-order valence-corrected chi connectivity index (χ3v) is 5.70. The third kappa shape index (κ3) is 4.69. The van der Waals surface area contributed by atoms with Gasteiger partial charge in [-0.2, -0.15) is 0 Å². The molecule has 1 heterocycles. The van der Waals surface area contributed by atoms with Gasteiger partial charge in [0, 0.05) is 5.02 Å². The lowest BCUT2D eigenvalue weighted by Crippen LogP contribution is -2.50. The van der Waals surface area contributed by atoms with Crippen LogP contribution in [0.25, 0.3) is 0 Å². The first-order valence-electron chi connectivity index (χ1n) is 8.67. The van der Waals surface area contributed by atoms with Crippen LogP contribution in [-0.4, -0.2) is 45.9 Å². The van der Waals surface area contributed by atoms with E-state index in [-0.39, 0.29) is 19.3 Å². The quantitative estimate of drug-likeness (QED) is 0.769. The van der Waals surface area contributed by atoms with Crippen LogP contribution in [-0.2, 0) is 14.8 Å². The van der Waals surface area contributed by atoms with Crippen LogP contribution in [0.4, 0.5) is 5.69 Å². The molecule has 7 nitrogen and oxygen atoms in total. The van der Waals surface area contributed by atoms with Crippen molar-refractivity contribution in [2.45, 2.75) is 19.1 Å². The van der Waals surface area contributed by atoms with E-state index in [1.54, 1.807) is 30.3 Å². The fourth-order valence-corrected chi connectivity index (χ4v) is 4.30. The molecule has 1 amide bonds. The summed E-state index contributed by atoms with van der Waals surface area (Å²) in [5, 5.41) is 3.12. The maximum Gasteiger partial charge on any atom is 0.243 e. The summed E-state index contributed by atoms with van der Waals surface area (Å²) in [7, 11) is -3.70. The second kappa shape index (κ2) is 8.28. The Kier molecular flexibility index (Phi) is 6.00. The number of carbonyl (C=O) groups excluding carboxylic acids is 1. The van der Waals surface area contributed by atoms with Gasteiger partial charge < -0.3 is 14.8 Å². The molecule has 9 heteroatoms. The van der Waals surface area contributed by atoms with Crippen molar-refractivity contribution >= 4 is 33.2 Å². The molecule has 0 saturated heterocycles. The number of nitrogens with zero attached hydrogens (tertiary/aromatic N) is 1. The Hall–Kier alpha value is -2.45. The largest absolute Gasteiger partial charge is 0.486 e. The fourth-order valence-electron chi connectivity index (χ4n) is 2.95. The number of ether oxygens (including phenoxy) is 2. The summed E-state index contributed by atoms with van der Waals surface area (Å²) < 4.78 is 37.0. The van der Waals surface area contributed by atoms with Gasteiger partial charge in [0.05, 0.1) is 18.5 Å². The van der Waals surface area contributed by atoms with Crippen LogP contribution in [0.15, 0.2) is 48.5 Å². The molecule has 0 spiro atoms. The normalized spacial score (nSPS) is 16.9. The molecule has 2 unspecified atom stereocenters. The molecule has 1 aliphatic rings. The number of para-hydroxylation sites is 2. The number of benzene rings is 2. The molecule has 28 heavy (non-hydrogen) atoms. The zero-order chi connectivity index (χ0) is 20.3. The SMILES string of the molecule is CC(C(=O)NCC1COc2ccccc2O1)N(c1cccc(Cl)c1)S(C)(=O)=O. The summed E-state index contributed by atoms with van der Waals surface area (Å²) in [5.41, 5.74) is 0.323. The van der Waals surface area contributed by atoms with Gasteiger partial charge in [0.15, 0.2) is 11.5 Å². The highest BCUT2D eigenvalue weighted by molar-refractivity contribution is 7.92. The van der Waals surface area contributed by atoms with E-state index >= 15 is 0 Å². The first-order chi connectivity index (χ1) is 13.3. The monoisotopic (exact) mass is 424 g/mol. The molecule has 0 aromatic heterocycles. The standard InChI is InChI=1S/C19H21ClN2O5S/c1-13(22(28(2,24)25)15-7-5-6-14(20)10-15)19(23)21-11-16-12-26-17-8-3-4-9-18(17)27-16/h3-10,13,16H,11-12H2,1-2H3,(H,21,23). The minimum absolute atomic E-state index is 0.185. The summed E-state index contributed by atoms with van der Waals surface area (Å²) >= 11 is 5.97. The highest BCUT2D eigenvalue weighted by Gasteiger charge is 2.30. The Balaban J connectivity index is 1.67. The second-order valence-electron chi connectivity index (χ2n) is 6.46. The highest BCUT2D eigenvalue weighted by atomic mass is 35.5. The predicted molar refractivity (Wildman–Crippen MR) is 108 cm³/mol. The number of carbonyl (C=O) groups is 1. The number of anilines is 1. The van der Waals surface area contributed by atoms with Crippen LogP contribution in [0, 0.1) is 0 Å². The van der Waals surface area contributed by atoms with Crippen molar-refractivity contribution in [3.63, 3.8) is 0 Å². The van der Waals surface area contributed by atoms with Gasteiger partial charge in [-0.15, -0.1) is 0 Å². The lowest BCUT2D eigenvalue weighted by molar-refractivity contribution is -0.122. The summed E-state index contributed by atoms with van der Waals surface area (Å²) in [6.45, 7) is 1.99. The molecule has 150 valence electrons. The van der Waals surface area contributed by atoms with Crippen molar-refractivity contribution in [1.82, 2.24) is 5.32 Å². The number of amides is 1. The molecule has 2 aromatic rings. The molecular formula is C19H21ClN2O5S. The maximum absolute atomic E-state index is 12.6. The van der Waals surface area contributed by atoms with Crippen molar-refractivity contribution in [2.75, 3.05) is 23.7 Å². The van der Waals surface area contributed by atoms with Gasteiger partial charge >= 0.3 is 0 Å². The van der Waals surface area contributed by atoms with Crippen molar-refractivity contribution in [3.05, 3.63) is 53.6 Å². The number of halogens is 1. The smallest absolute Gasteiger partial charge is 0.243 e. The van der Waals surface area contributed by atoms with Crippen LogP contribution in [0.2, 0.25) is 5.02 Å². The first-order valence-corrected chi connectivity index (χ1v) is 10.9. The van der Waals surface area contributed by atoms with Gasteiger partial charge in [0.25, 0.3) is 0 Å². The van der Waals surface area contributed by atoms with E-state index in [0.717, 1.165) is 10.6 Å². The lowest BCUT2D eigenvalue weighted by Gasteiger charge is -2.30. The van der Waals surface area contributed by atoms with E-state index in [1.807, 2.05) is 12.1 Å². The van der Waals surface area contributed by atoms with Crippen LogP contribution in [0.5, 0.6) is 11.5 Å². The van der Waals surface area contributed by atoms with E-state index in [2.05, 4.69) is 5.32 Å². The van der Waals surface area contributed by atoms with E-state index in [1.165, 1.54) is 13.0 Å². The molecule has 0 bridgehead atoms. The minimum atomic E-state index is -3.70. The van der Waals surface area contributed by atoms with Crippen LogP contribution < -0.4 is 19.1 Å². The number of nitrogens with one attached hydrogen (secondary N) is 1. The van der Waals surface area contributed by atoms with E-state index in [9.17, 15) is 13.2 Å². The number of rotatable bonds is 6. The molecule has 0 fully saturated rings. The number of hydrogen-bond acceptors (Lipinski definition) is 5. The first kappa shape index (κ1) is 20.3. The van der Waals surface area contributed by atoms with Crippen molar-refractivity contribution < 1.29 is 22.7 Å². The van der Waals surface area contributed by atoms with Gasteiger partial charge in [0.2, 0.25) is 15.9 Å². The average Bonchev–Trinajstić information content (AvgIpc) is 2.65. The zero-order valence-corrected chi connectivity index (χ0v) is 17.0. The molecule has 0 saturated carbocycles. The molecule has 2 atom stereocenters. The molecule has 1 N–H and O–H groups in total. The Labute approximate surface area is 169 Å². The van der Waals surface area contributed by atoms with Crippen LogP contribution in [0.1, 0.15) is 6.92 Å². The van der Waals surface area contributed by atoms with E-state index in [0.29, 0.717) is 22.2 Å². The Bertz CT molecular complexity index is 966. The van der Waals surface area contributed by atoms with Gasteiger partial charge in [-0.05, 0) is 37.3 Å². The van der Waals surface area contributed by atoms with E-state index < -0.39 is 22.0 Å². The van der Waals surface area contributed by atoms with Crippen molar-refractivity contribution in [2.24, 2.45) is 0 Å². The number of fused-ring (bicyclic) bond motifs is 1. The summed E-state index contributed by atoms with van der Waals surface area (Å²) in [5.74, 6) is 0.813. The average molecular weight is 425 g/mol. The topological polar surface area (TPSA) is 84.9 Å². The number of hydrogen-bond donors (Lipinski definition) is 1. The molecule has 2 aromatic carbocycles. The fraction of sp³-hybridized carbons (Fsp3) is 0.316.